The van der Waals surface area contributed by atoms with Gasteiger partial charge in [0.05, 0.1) is 15.7 Å². The highest BCUT2D eigenvalue weighted by atomic mass is 35.5. The summed E-state index contributed by atoms with van der Waals surface area (Å²) in [5.41, 5.74) is 6.26. The van der Waals surface area contributed by atoms with Crippen molar-refractivity contribution in [1.29, 1.82) is 0 Å². The Hall–Kier alpha value is -1.46. The number of likely N-dealkylation sites (N-methyl/N-ethyl adjacent to an activating group) is 1. The fourth-order valence-electron chi connectivity index (χ4n) is 1.85. The van der Waals surface area contributed by atoms with Crippen LogP contribution in [0.1, 0.15) is 10.4 Å². The molecule has 0 aliphatic carbocycles. The maximum Gasteiger partial charge on any atom is 0.254 e. The first-order valence-electron chi connectivity index (χ1n) is 5.68. The highest BCUT2D eigenvalue weighted by molar-refractivity contribution is 6.43. The van der Waals surface area contributed by atoms with Crippen LogP contribution in [-0.2, 0) is 4.79 Å². The molecule has 0 saturated carbocycles. The van der Waals surface area contributed by atoms with Gasteiger partial charge in [-0.15, -0.1) is 0 Å². The van der Waals surface area contributed by atoms with Crippen LogP contribution >= 0.6 is 23.2 Å². The number of halogens is 2. The maximum atomic E-state index is 12.3. The number of nitrogen functional groups attached to an aromatic ring is 1. The standard InChI is InChI=1S/C12H13Cl2N3O2/c1-16-2-3-17(6-10(16)18)12(19)7-4-8(13)11(14)9(15)5-7/h4-5H,2-3,6,15H2,1H3. The molecule has 2 rings (SSSR count). The molecule has 1 aliphatic heterocycles. The summed E-state index contributed by atoms with van der Waals surface area (Å²) in [4.78, 5) is 26.9. The highest BCUT2D eigenvalue weighted by Gasteiger charge is 2.26. The molecule has 0 spiro atoms. The lowest BCUT2D eigenvalue weighted by atomic mass is 10.1. The number of carbonyl (C=O) groups is 2. The van der Waals surface area contributed by atoms with Crippen LogP contribution in [0.4, 0.5) is 5.69 Å². The van der Waals surface area contributed by atoms with Crippen LogP contribution in [0.2, 0.25) is 10.0 Å². The number of carbonyl (C=O) groups excluding carboxylic acids is 2. The number of piperazine rings is 1. The van der Waals surface area contributed by atoms with E-state index in [-0.39, 0.29) is 34.1 Å². The maximum absolute atomic E-state index is 12.3. The van der Waals surface area contributed by atoms with Crippen molar-refractivity contribution >= 4 is 40.7 Å². The lowest BCUT2D eigenvalue weighted by molar-refractivity contribution is -0.133. The van der Waals surface area contributed by atoms with Crippen molar-refractivity contribution in [2.45, 2.75) is 0 Å². The second kappa shape index (κ2) is 5.27. The van der Waals surface area contributed by atoms with Crippen molar-refractivity contribution < 1.29 is 9.59 Å². The molecule has 7 heteroatoms. The predicted octanol–water partition coefficient (Wildman–Crippen LogP) is 1.49. The molecule has 0 unspecified atom stereocenters. The van der Waals surface area contributed by atoms with Crippen molar-refractivity contribution in [3.05, 3.63) is 27.7 Å². The summed E-state index contributed by atoms with van der Waals surface area (Å²) < 4.78 is 0. The second-order valence-corrected chi connectivity index (χ2v) is 5.19. The molecular weight excluding hydrogens is 289 g/mol. The number of hydrogen-bond acceptors (Lipinski definition) is 3. The van der Waals surface area contributed by atoms with E-state index in [9.17, 15) is 9.59 Å². The number of nitrogens with two attached hydrogens (primary N) is 1. The molecule has 102 valence electrons. The van der Waals surface area contributed by atoms with Crippen LogP contribution in [-0.4, -0.2) is 48.3 Å². The van der Waals surface area contributed by atoms with E-state index >= 15 is 0 Å². The molecule has 1 saturated heterocycles. The van der Waals surface area contributed by atoms with Crippen LogP contribution in [0, 0.1) is 0 Å². The molecule has 2 N–H and O–H groups in total. The van der Waals surface area contributed by atoms with Gasteiger partial charge in [-0.2, -0.15) is 0 Å². The van der Waals surface area contributed by atoms with Gasteiger partial charge in [0.1, 0.15) is 6.54 Å². The molecule has 19 heavy (non-hydrogen) atoms. The molecule has 0 aromatic heterocycles. The molecule has 5 nitrogen and oxygen atoms in total. The SMILES string of the molecule is CN1CCN(C(=O)c2cc(N)c(Cl)c(Cl)c2)CC1=O. The van der Waals surface area contributed by atoms with Crippen LogP contribution in [0.15, 0.2) is 12.1 Å². The Labute approximate surface area is 120 Å². The smallest absolute Gasteiger partial charge is 0.254 e. The van der Waals surface area contributed by atoms with Crippen molar-refractivity contribution in [1.82, 2.24) is 9.80 Å². The van der Waals surface area contributed by atoms with Gasteiger partial charge in [-0.3, -0.25) is 9.59 Å². The minimum Gasteiger partial charge on any atom is -0.397 e. The lowest BCUT2D eigenvalue weighted by Crippen LogP contribution is -2.50. The number of hydrogen-bond donors (Lipinski definition) is 1. The lowest BCUT2D eigenvalue weighted by Gasteiger charge is -2.32. The molecule has 2 amide bonds. The molecule has 1 heterocycles. The Morgan fingerprint density at radius 2 is 2.00 bits per heavy atom. The summed E-state index contributed by atoms with van der Waals surface area (Å²) in [5.74, 6) is -0.362. The summed E-state index contributed by atoms with van der Waals surface area (Å²) in [5, 5.41) is 0.457. The number of anilines is 1. The summed E-state index contributed by atoms with van der Waals surface area (Å²) >= 11 is 11.7. The summed E-state index contributed by atoms with van der Waals surface area (Å²) in [6.07, 6.45) is 0. The molecule has 1 fully saturated rings. The van der Waals surface area contributed by atoms with Gasteiger partial charge in [0, 0.05) is 25.7 Å². The quantitative estimate of drug-likeness (QED) is 0.799. The zero-order valence-corrected chi connectivity index (χ0v) is 11.8. The van der Waals surface area contributed by atoms with Gasteiger partial charge in [0.2, 0.25) is 5.91 Å². The average molecular weight is 302 g/mol. The van der Waals surface area contributed by atoms with Gasteiger partial charge < -0.3 is 15.5 Å². The minimum absolute atomic E-state index is 0.0650. The van der Waals surface area contributed by atoms with E-state index in [2.05, 4.69) is 0 Å². The third-order valence-electron chi connectivity index (χ3n) is 3.05. The van der Waals surface area contributed by atoms with Gasteiger partial charge in [-0.1, -0.05) is 23.2 Å². The van der Waals surface area contributed by atoms with E-state index in [1.807, 2.05) is 0 Å². The summed E-state index contributed by atoms with van der Waals surface area (Å²) in [6.45, 7) is 1.07. The zero-order valence-electron chi connectivity index (χ0n) is 10.3. The predicted molar refractivity (Wildman–Crippen MR) is 74.4 cm³/mol. The molecule has 0 radical (unpaired) electrons. The topological polar surface area (TPSA) is 66.6 Å². The minimum atomic E-state index is -0.272. The zero-order chi connectivity index (χ0) is 14.2. The third kappa shape index (κ3) is 2.77. The Kier molecular flexibility index (Phi) is 3.87. The van der Waals surface area contributed by atoms with Gasteiger partial charge in [-0.25, -0.2) is 0 Å². The largest absolute Gasteiger partial charge is 0.397 e. The van der Waals surface area contributed by atoms with Crippen LogP contribution in [0.5, 0.6) is 0 Å². The monoisotopic (exact) mass is 301 g/mol. The van der Waals surface area contributed by atoms with E-state index < -0.39 is 0 Å². The molecular formula is C12H13Cl2N3O2. The highest BCUT2D eigenvalue weighted by Crippen LogP contribution is 2.29. The van der Waals surface area contributed by atoms with Crippen LogP contribution in [0.3, 0.4) is 0 Å². The van der Waals surface area contributed by atoms with Gasteiger partial charge >= 0.3 is 0 Å². The first-order chi connectivity index (χ1) is 8.90. The van der Waals surface area contributed by atoms with Crippen molar-refractivity contribution in [3.63, 3.8) is 0 Å². The average Bonchev–Trinajstić information content (AvgIpc) is 2.37. The van der Waals surface area contributed by atoms with E-state index in [1.54, 1.807) is 11.9 Å². The molecule has 1 aromatic rings. The molecule has 0 atom stereocenters. The third-order valence-corrected chi connectivity index (χ3v) is 3.86. The van der Waals surface area contributed by atoms with Crippen molar-refractivity contribution in [2.24, 2.45) is 0 Å². The van der Waals surface area contributed by atoms with E-state index in [4.69, 9.17) is 28.9 Å². The van der Waals surface area contributed by atoms with E-state index in [0.717, 1.165) is 0 Å². The van der Waals surface area contributed by atoms with Crippen molar-refractivity contribution in [2.75, 3.05) is 32.4 Å². The fourth-order valence-corrected chi connectivity index (χ4v) is 2.18. The Morgan fingerprint density at radius 1 is 1.32 bits per heavy atom. The number of nitrogens with zero attached hydrogens (tertiary/aromatic N) is 2. The number of benzene rings is 1. The first-order valence-corrected chi connectivity index (χ1v) is 6.43. The summed E-state index contributed by atoms with van der Waals surface area (Å²) in [6, 6.07) is 2.94. The van der Waals surface area contributed by atoms with E-state index in [0.29, 0.717) is 18.7 Å². The van der Waals surface area contributed by atoms with Gasteiger partial charge in [0.15, 0.2) is 0 Å². The van der Waals surface area contributed by atoms with Gasteiger partial charge in [0.25, 0.3) is 5.91 Å². The van der Waals surface area contributed by atoms with Crippen LogP contribution in [0.25, 0.3) is 0 Å². The van der Waals surface area contributed by atoms with Crippen LogP contribution < -0.4 is 5.73 Å². The molecule has 1 aliphatic rings. The summed E-state index contributed by atoms with van der Waals surface area (Å²) in [7, 11) is 1.71. The van der Waals surface area contributed by atoms with E-state index in [1.165, 1.54) is 17.0 Å². The normalized spacial score (nSPS) is 15.8. The number of rotatable bonds is 1. The Morgan fingerprint density at radius 3 is 2.58 bits per heavy atom. The molecule has 0 bridgehead atoms. The Bertz CT molecular complexity index is 525. The fraction of sp³-hybridized carbons (Fsp3) is 0.333. The molecule has 1 aromatic carbocycles. The number of amides is 2. The Balaban J connectivity index is 2.23. The van der Waals surface area contributed by atoms with Crippen molar-refractivity contribution in [3.8, 4) is 0 Å². The second-order valence-electron chi connectivity index (χ2n) is 4.40. The first kappa shape index (κ1) is 14.0. The van der Waals surface area contributed by atoms with Gasteiger partial charge in [-0.05, 0) is 12.1 Å².